The molecule has 0 bridgehead atoms. The van der Waals surface area contributed by atoms with Crippen LogP contribution < -0.4 is 15.7 Å². The summed E-state index contributed by atoms with van der Waals surface area (Å²) in [6, 6.07) is 20.7. The van der Waals surface area contributed by atoms with Crippen molar-refractivity contribution < 1.29 is 28.2 Å². The molecule has 8 nitrogen and oxygen atoms in total. The predicted octanol–water partition coefficient (Wildman–Crippen LogP) is 6.47. The van der Waals surface area contributed by atoms with Crippen LogP contribution in [0, 0.1) is 5.92 Å². The van der Waals surface area contributed by atoms with Gasteiger partial charge in [-0.3, -0.25) is 4.90 Å². The molecule has 2 aromatic carbocycles. The van der Waals surface area contributed by atoms with Gasteiger partial charge in [0.1, 0.15) is 16.9 Å². The maximum Gasteiger partial charge on any atom is 0.412 e. The molecule has 2 amide bonds. The maximum absolute atomic E-state index is 13.4. The van der Waals surface area contributed by atoms with E-state index in [1.54, 1.807) is 4.90 Å². The molecule has 1 heterocycles. The Morgan fingerprint density at radius 1 is 0.886 bits per heavy atom. The number of benzene rings is 2. The number of ether oxygens (including phenoxy) is 3. The fourth-order valence-electron chi connectivity index (χ4n) is 5.88. The van der Waals surface area contributed by atoms with Gasteiger partial charge in [-0.1, -0.05) is 81.4 Å². The van der Waals surface area contributed by atoms with Crippen LogP contribution in [0.2, 0.25) is 5.04 Å². The Hall–Kier alpha value is -2.88. The second-order valence-corrected chi connectivity index (χ2v) is 19.5. The Kier molecular flexibility index (Phi) is 11.0. The van der Waals surface area contributed by atoms with Gasteiger partial charge in [0, 0.05) is 19.1 Å². The smallest absolute Gasteiger partial charge is 0.412 e. The molecule has 0 saturated carbocycles. The molecule has 1 saturated heterocycles. The summed E-state index contributed by atoms with van der Waals surface area (Å²) >= 11 is 0. The van der Waals surface area contributed by atoms with Crippen LogP contribution >= 0.6 is 0 Å². The number of alkyl carbamates (subject to hydrolysis) is 1. The number of nitrogens with one attached hydrogen (secondary N) is 1. The first-order chi connectivity index (χ1) is 20.3. The Morgan fingerprint density at radius 2 is 1.39 bits per heavy atom. The molecule has 2 aromatic rings. The quantitative estimate of drug-likeness (QED) is 0.322. The van der Waals surface area contributed by atoms with Gasteiger partial charge in [-0.2, -0.15) is 0 Å². The highest BCUT2D eigenvalue weighted by Gasteiger charge is 2.51. The molecular formula is C35H54N2O6Si. The third kappa shape index (κ3) is 9.08. The van der Waals surface area contributed by atoms with Gasteiger partial charge in [-0.15, -0.1) is 0 Å². The fraction of sp³-hybridized carbons (Fsp3) is 0.600. The largest absolute Gasteiger partial charge is 0.444 e. The van der Waals surface area contributed by atoms with Crippen LogP contribution in [0.3, 0.4) is 0 Å². The van der Waals surface area contributed by atoms with Crippen molar-refractivity contribution in [2.75, 3.05) is 19.8 Å². The van der Waals surface area contributed by atoms with Gasteiger partial charge in [0.2, 0.25) is 0 Å². The standard InChI is InChI=1S/C35H54N2O6Si/c1-32(2,3)42-30(38)36-23-26(22-27-25-40-35(10,11)37(27)31(39)43-33(4,5)6)24-41-44(34(7,8)9,28-18-14-12-15-19-28)29-20-16-13-17-21-29/h12-21,26-27H,22-25H2,1-11H3,(H,36,38). The second-order valence-electron chi connectivity index (χ2n) is 15.2. The molecule has 1 aliphatic heterocycles. The molecule has 0 aliphatic carbocycles. The van der Waals surface area contributed by atoms with E-state index in [2.05, 4.69) is 74.6 Å². The van der Waals surface area contributed by atoms with Gasteiger partial charge in [0.05, 0.1) is 12.6 Å². The van der Waals surface area contributed by atoms with Gasteiger partial charge >= 0.3 is 12.2 Å². The zero-order chi connectivity index (χ0) is 33.0. The van der Waals surface area contributed by atoms with E-state index < -0.39 is 37.4 Å². The first kappa shape index (κ1) is 35.6. The van der Waals surface area contributed by atoms with Crippen LogP contribution in [-0.4, -0.2) is 68.1 Å². The number of amides is 2. The SMILES string of the molecule is CC(C)(C)OC(=O)NCC(CO[Si](c1ccccc1)(c1ccccc1)C(C)(C)C)CC1COC(C)(C)N1C(=O)OC(C)(C)C. The molecule has 0 spiro atoms. The first-order valence-corrected chi connectivity index (χ1v) is 17.5. The number of hydrogen-bond donors (Lipinski definition) is 1. The van der Waals surface area contributed by atoms with E-state index in [0.29, 0.717) is 26.2 Å². The summed E-state index contributed by atoms with van der Waals surface area (Å²) in [5.41, 5.74) is -2.11. The molecule has 0 radical (unpaired) electrons. The molecule has 1 fully saturated rings. The lowest BCUT2D eigenvalue weighted by Gasteiger charge is -2.44. The van der Waals surface area contributed by atoms with Crippen molar-refractivity contribution in [3.8, 4) is 0 Å². The second kappa shape index (κ2) is 13.6. The number of hydrogen-bond acceptors (Lipinski definition) is 6. The van der Waals surface area contributed by atoms with E-state index >= 15 is 0 Å². The van der Waals surface area contributed by atoms with Crippen LogP contribution in [0.15, 0.2) is 60.7 Å². The van der Waals surface area contributed by atoms with Gasteiger partial charge in [-0.25, -0.2) is 9.59 Å². The summed E-state index contributed by atoms with van der Waals surface area (Å²) < 4.78 is 24.7. The summed E-state index contributed by atoms with van der Waals surface area (Å²) in [6.07, 6.45) is -0.367. The van der Waals surface area contributed by atoms with Crippen LogP contribution in [0.1, 0.15) is 82.6 Å². The van der Waals surface area contributed by atoms with E-state index in [4.69, 9.17) is 18.6 Å². The van der Waals surface area contributed by atoms with Gasteiger partial charge in [0.25, 0.3) is 8.32 Å². The minimum atomic E-state index is -2.84. The number of rotatable bonds is 9. The van der Waals surface area contributed by atoms with E-state index in [1.807, 2.05) is 67.5 Å². The van der Waals surface area contributed by atoms with Crippen LogP contribution in [0.25, 0.3) is 0 Å². The van der Waals surface area contributed by atoms with Crippen molar-refractivity contribution in [1.82, 2.24) is 10.2 Å². The molecule has 1 N–H and O–H groups in total. The van der Waals surface area contributed by atoms with Crippen LogP contribution in [-0.2, 0) is 18.6 Å². The third-order valence-electron chi connectivity index (χ3n) is 7.66. The summed E-state index contributed by atoms with van der Waals surface area (Å²) in [5, 5.41) is 5.12. The van der Waals surface area contributed by atoms with Crippen molar-refractivity contribution in [2.24, 2.45) is 5.92 Å². The van der Waals surface area contributed by atoms with E-state index in [0.717, 1.165) is 0 Å². The molecule has 2 unspecified atom stereocenters. The average molecular weight is 627 g/mol. The maximum atomic E-state index is 13.4. The molecular weight excluding hydrogens is 572 g/mol. The van der Waals surface area contributed by atoms with Crippen molar-refractivity contribution >= 4 is 30.9 Å². The van der Waals surface area contributed by atoms with Crippen molar-refractivity contribution in [3.63, 3.8) is 0 Å². The number of carbonyl (C=O) groups excluding carboxylic acids is 2. The summed E-state index contributed by atoms with van der Waals surface area (Å²) in [6.45, 7) is 22.6. The lowest BCUT2D eigenvalue weighted by molar-refractivity contribution is -0.0633. The average Bonchev–Trinajstić information content (AvgIpc) is 3.19. The Balaban J connectivity index is 1.98. The van der Waals surface area contributed by atoms with Crippen molar-refractivity contribution in [1.29, 1.82) is 0 Å². The van der Waals surface area contributed by atoms with E-state index in [1.165, 1.54) is 10.4 Å². The zero-order valence-electron chi connectivity index (χ0n) is 28.7. The summed E-state index contributed by atoms with van der Waals surface area (Å²) in [4.78, 5) is 27.9. The monoisotopic (exact) mass is 626 g/mol. The Bertz CT molecular complexity index is 1190. The third-order valence-corrected chi connectivity index (χ3v) is 12.7. The van der Waals surface area contributed by atoms with Crippen LogP contribution in [0.5, 0.6) is 0 Å². The highest BCUT2D eigenvalue weighted by atomic mass is 28.4. The predicted molar refractivity (Wildman–Crippen MR) is 178 cm³/mol. The molecule has 244 valence electrons. The summed E-state index contributed by atoms with van der Waals surface area (Å²) in [7, 11) is -2.84. The Morgan fingerprint density at radius 3 is 1.84 bits per heavy atom. The molecule has 2 atom stereocenters. The zero-order valence-corrected chi connectivity index (χ0v) is 29.7. The van der Waals surface area contributed by atoms with Gasteiger partial charge in [0.15, 0.2) is 0 Å². The molecule has 44 heavy (non-hydrogen) atoms. The molecule has 9 heteroatoms. The molecule has 1 aliphatic rings. The molecule has 3 rings (SSSR count). The lowest BCUT2D eigenvalue weighted by atomic mass is 10.00. The normalized spacial score (nSPS) is 18.1. The summed E-state index contributed by atoms with van der Waals surface area (Å²) in [5.74, 6) is -0.156. The van der Waals surface area contributed by atoms with E-state index in [9.17, 15) is 9.59 Å². The Labute approximate surface area is 265 Å². The highest BCUT2D eigenvalue weighted by molar-refractivity contribution is 6.99. The minimum absolute atomic E-state index is 0.156. The van der Waals surface area contributed by atoms with Crippen LogP contribution in [0.4, 0.5) is 9.59 Å². The lowest BCUT2D eigenvalue weighted by Crippen LogP contribution is -2.67. The van der Waals surface area contributed by atoms with Gasteiger partial charge in [-0.05, 0) is 77.2 Å². The topological polar surface area (TPSA) is 86.3 Å². The van der Waals surface area contributed by atoms with E-state index in [-0.39, 0.29) is 17.0 Å². The fourth-order valence-corrected chi connectivity index (χ4v) is 10.5. The minimum Gasteiger partial charge on any atom is -0.444 e. The number of carbonyl (C=O) groups is 2. The first-order valence-electron chi connectivity index (χ1n) is 15.6. The van der Waals surface area contributed by atoms with Crippen molar-refractivity contribution in [2.45, 2.75) is 111 Å². The van der Waals surface area contributed by atoms with Crippen molar-refractivity contribution in [3.05, 3.63) is 60.7 Å². The van der Waals surface area contributed by atoms with Gasteiger partial charge < -0.3 is 24.0 Å². The molecule has 0 aromatic heterocycles. The highest BCUT2D eigenvalue weighted by Crippen LogP contribution is 2.38. The number of nitrogens with zero attached hydrogens (tertiary/aromatic N) is 1.